The lowest BCUT2D eigenvalue weighted by Gasteiger charge is -2.14. The van der Waals surface area contributed by atoms with Crippen LogP contribution in [0.5, 0.6) is 0 Å². The van der Waals surface area contributed by atoms with Crippen LogP contribution in [0.1, 0.15) is 19.5 Å². The highest BCUT2D eigenvalue weighted by Crippen LogP contribution is 2.09. The van der Waals surface area contributed by atoms with Gasteiger partial charge in [0.2, 0.25) is 5.91 Å². The largest absolute Gasteiger partial charge is 0.320 e. The van der Waals surface area contributed by atoms with Crippen LogP contribution >= 0.6 is 12.4 Å². The van der Waals surface area contributed by atoms with Gasteiger partial charge < -0.3 is 11.1 Å². The van der Waals surface area contributed by atoms with Gasteiger partial charge in [0.25, 0.3) is 0 Å². The van der Waals surface area contributed by atoms with Crippen LogP contribution in [0, 0.1) is 12.8 Å². The Morgan fingerprint density at radius 2 is 2.12 bits per heavy atom. The van der Waals surface area contributed by atoms with Gasteiger partial charge in [-0.05, 0) is 12.8 Å². The van der Waals surface area contributed by atoms with E-state index in [2.05, 4.69) is 10.4 Å². The number of anilines is 1. The van der Waals surface area contributed by atoms with Crippen molar-refractivity contribution >= 4 is 24.1 Å². The molecule has 0 fully saturated rings. The molecule has 6 heteroatoms. The van der Waals surface area contributed by atoms with Crippen molar-refractivity contribution in [1.82, 2.24) is 9.78 Å². The van der Waals surface area contributed by atoms with Crippen LogP contribution in [-0.4, -0.2) is 21.7 Å². The van der Waals surface area contributed by atoms with E-state index in [-0.39, 0.29) is 24.2 Å². The molecule has 1 atom stereocenters. The third kappa shape index (κ3) is 3.50. The summed E-state index contributed by atoms with van der Waals surface area (Å²) in [7, 11) is 1.78. The van der Waals surface area contributed by atoms with Crippen molar-refractivity contribution in [2.75, 3.05) is 5.32 Å². The first-order chi connectivity index (χ1) is 6.91. The topological polar surface area (TPSA) is 72.9 Å². The standard InChI is InChI=1S/C10H18N4O.ClH/c1-6(2)9(11)10(15)12-8-5-7(3)13-14(8)4;/h5-6,9H,11H2,1-4H3,(H,12,15);1H. The maximum absolute atomic E-state index is 11.6. The van der Waals surface area contributed by atoms with Gasteiger partial charge in [-0.2, -0.15) is 5.10 Å². The summed E-state index contributed by atoms with van der Waals surface area (Å²) in [5.74, 6) is 0.626. The third-order valence-corrected chi connectivity index (χ3v) is 2.27. The van der Waals surface area contributed by atoms with Gasteiger partial charge in [0.1, 0.15) is 5.82 Å². The van der Waals surface area contributed by atoms with Gasteiger partial charge in [0.15, 0.2) is 0 Å². The SMILES string of the molecule is Cc1cc(NC(=O)C(N)C(C)C)n(C)n1.Cl. The van der Waals surface area contributed by atoms with Crippen molar-refractivity contribution < 1.29 is 4.79 Å². The number of carbonyl (C=O) groups excluding carboxylic acids is 1. The summed E-state index contributed by atoms with van der Waals surface area (Å²) in [4.78, 5) is 11.6. The highest BCUT2D eigenvalue weighted by atomic mass is 35.5. The Kier molecular flexibility index (Phi) is 5.47. The lowest BCUT2D eigenvalue weighted by Crippen LogP contribution is -2.40. The Balaban J connectivity index is 0.00000225. The van der Waals surface area contributed by atoms with Crippen LogP contribution in [0.2, 0.25) is 0 Å². The number of aryl methyl sites for hydroxylation is 2. The lowest BCUT2D eigenvalue weighted by atomic mass is 10.1. The predicted molar refractivity (Wildman–Crippen MR) is 66.6 cm³/mol. The van der Waals surface area contributed by atoms with Crippen molar-refractivity contribution in [3.8, 4) is 0 Å². The Bertz CT molecular complexity index is 362. The number of hydrogen-bond acceptors (Lipinski definition) is 3. The molecule has 0 aliphatic heterocycles. The van der Waals surface area contributed by atoms with E-state index in [9.17, 15) is 4.79 Å². The van der Waals surface area contributed by atoms with Crippen LogP contribution in [0.3, 0.4) is 0 Å². The molecule has 0 aliphatic rings. The molecule has 1 aromatic rings. The first-order valence-corrected chi connectivity index (χ1v) is 4.99. The van der Waals surface area contributed by atoms with Crippen LogP contribution in [-0.2, 0) is 11.8 Å². The highest BCUT2D eigenvalue weighted by molar-refractivity contribution is 5.94. The molecule has 1 heterocycles. The summed E-state index contributed by atoms with van der Waals surface area (Å²) in [6, 6.07) is 1.32. The zero-order valence-electron chi connectivity index (χ0n) is 10.0. The van der Waals surface area contributed by atoms with Crippen LogP contribution in [0.25, 0.3) is 0 Å². The summed E-state index contributed by atoms with van der Waals surface area (Å²) in [6.07, 6.45) is 0. The van der Waals surface area contributed by atoms with E-state index in [1.165, 1.54) is 0 Å². The normalized spacial score (nSPS) is 12.1. The zero-order valence-corrected chi connectivity index (χ0v) is 10.8. The second kappa shape index (κ2) is 5.86. The first kappa shape index (κ1) is 14.9. The molecular weight excluding hydrogens is 228 g/mol. The minimum Gasteiger partial charge on any atom is -0.320 e. The molecule has 16 heavy (non-hydrogen) atoms. The smallest absolute Gasteiger partial charge is 0.242 e. The molecule has 1 rings (SSSR count). The van der Waals surface area contributed by atoms with Gasteiger partial charge in [-0.3, -0.25) is 9.48 Å². The van der Waals surface area contributed by atoms with Crippen molar-refractivity contribution in [1.29, 1.82) is 0 Å². The molecule has 5 nitrogen and oxygen atoms in total. The lowest BCUT2D eigenvalue weighted by molar-refractivity contribution is -0.118. The van der Waals surface area contributed by atoms with Gasteiger partial charge in [0, 0.05) is 13.1 Å². The van der Waals surface area contributed by atoms with Gasteiger partial charge >= 0.3 is 0 Å². The maximum atomic E-state index is 11.6. The minimum absolute atomic E-state index is 0. The number of carbonyl (C=O) groups is 1. The Morgan fingerprint density at radius 1 is 1.56 bits per heavy atom. The fourth-order valence-corrected chi connectivity index (χ4v) is 1.24. The van der Waals surface area contributed by atoms with Crippen LogP contribution in [0.4, 0.5) is 5.82 Å². The van der Waals surface area contributed by atoms with Gasteiger partial charge in [-0.25, -0.2) is 0 Å². The van der Waals surface area contributed by atoms with E-state index in [0.29, 0.717) is 5.82 Å². The molecule has 92 valence electrons. The van der Waals surface area contributed by atoms with Gasteiger partial charge in [0.05, 0.1) is 11.7 Å². The second-order valence-electron chi connectivity index (χ2n) is 4.05. The minimum atomic E-state index is -0.486. The van der Waals surface area contributed by atoms with Crippen LogP contribution in [0.15, 0.2) is 6.07 Å². The number of aromatic nitrogens is 2. The van der Waals surface area contributed by atoms with Gasteiger partial charge in [-0.15, -0.1) is 12.4 Å². The van der Waals surface area contributed by atoms with E-state index < -0.39 is 6.04 Å². The fourth-order valence-electron chi connectivity index (χ4n) is 1.24. The van der Waals surface area contributed by atoms with Crippen molar-refractivity contribution in [2.45, 2.75) is 26.8 Å². The third-order valence-electron chi connectivity index (χ3n) is 2.27. The molecule has 0 saturated heterocycles. The average molecular weight is 247 g/mol. The summed E-state index contributed by atoms with van der Waals surface area (Å²) < 4.78 is 1.63. The first-order valence-electron chi connectivity index (χ1n) is 4.99. The van der Waals surface area contributed by atoms with E-state index >= 15 is 0 Å². The number of nitrogens with zero attached hydrogens (tertiary/aromatic N) is 2. The molecule has 1 aromatic heterocycles. The Hall–Kier alpha value is -1.07. The maximum Gasteiger partial charge on any atom is 0.242 e. The summed E-state index contributed by atoms with van der Waals surface area (Å²) in [5.41, 5.74) is 6.59. The van der Waals surface area contributed by atoms with Crippen molar-refractivity contribution in [3.63, 3.8) is 0 Å². The molecule has 0 bridgehead atoms. The zero-order chi connectivity index (χ0) is 11.6. The molecule has 3 N–H and O–H groups in total. The second-order valence-corrected chi connectivity index (χ2v) is 4.05. The molecule has 0 saturated carbocycles. The van der Waals surface area contributed by atoms with E-state index in [4.69, 9.17) is 5.73 Å². The highest BCUT2D eigenvalue weighted by Gasteiger charge is 2.18. The Morgan fingerprint density at radius 3 is 2.50 bits per heavy atom. The molecule has 0 aliphatic carbocycles. The van der Waals surface area contributed by atoms with Crippen molar-refractivity contribution in [3.05, 3.63) is 11.8 Å². The van der Waals surface area contributed by atoms with Crippen LogP contribution < -0.4 is 11.1 Å². The number of hydrogen-bond donors (Lipinski definition) is 2. The summed E-state index contributed by atoms with van der Waals surface area (Å²) in [6.45, 7) is 5.70. The van der Waals surface area contributed by atoms with E-state index in [1.807, 2.05) is 26.8 Å². The molecule has 1 unspecified atom stereocenters. The molecule has 0 radical (unpaired) electrons. The summed E-state index contributed by atoms with van der Waals surface area (Å²) in [5, 5.41) is 6.88. The fraction of sp³-hybridized carbons (Fsp3) is 0.600. The molecule has 0 aromatic carbocycles. The van der Waals surface area contributed by atoms with E-state index in [0.717, 1.165) is 5.69 Å². The molecule has 1 amide bonds. The van der Waals surface area contributed by atoms with E-state index in [1.54, 1.807) is 11.7 Å². The number of amides is 1. The average Bonchev–Trinajstić information content (AvgIpc) is 2.43. The van der Waals surface area contributed by atoms with Gasteiger partial charge in [-0.1, -0.05) is 13.8 Å². The number of nitrogens with one attached hydrogen (secondary N) is 1. The Labute approximate surface area is 102 Å². The molecular formula is C10H19ClN4O. The number of nitrogens with two attached hydrogens (primary N) is 1. The molecule has 0 spiro atoms. The monoisotopic (exact) mass is 246 g/mol. The number of halogens is 1. The predicted octanol–water partition coefficient (Wildman–Crippen LogP) is 1.07. The number of rotatable bonds is 3. The quantitative estimate of drug-likeness (QED) is 0.838. The van der Waals surface area contributed by atoms with Crippen molar-refractivity contribution in [2.24, 2.45) is 18.7 Å². The summed E-state index contributed by atoms with van der Waals surface area (Å²) >= 11 is 0.